The number of sulfonamides is 1. The van der Waals surface area contributed by atoms with Crippen molar-refractivity contribution in [2.75, 3.05) is 29.9 Å². The second kappa shape index (κ2) is 14.3. The third-order valence-electron chi connectivity index (χ3n) is 6.06. The third kappa shape index (κ3) is 8.57. The fraction of sp³-hybridized carbons (Fsp3) is 0.129. The number of anilines is 2. The third-order valence-corrected chi connectivity index (χ3v) is 8.18. The van der Waals surface area contributed by atoms with Crippen molar-refractivity contribution in [1.82, 2.24) is 5.43 Å². The number of benzene rings is 4. The number of hydrazone groups is 1. The summed E-state index contributed by atoms with van der Waals surface area (Å²) in [4.78, 5) is 25.0. The summed E-state index contributed by atoms with van der Waals surface area (Å²) < 4.78 is 38.7. The van der Waals surface area contributed by atoms with E-state index >= 15 is 0 Å². The Morgan fingerprint density at radius 2 is 1.53 bits per heavy atom. The Bertz CT molecular complexity index is 1690. The van der Waals surface area contributed by atoms with E-state index in [0.29, 0.717) is 33.5 Å². The molecule has 43 heavy (non-hydrogen) atoms. The van der Waals surface area contributed by atoms with Crippen LogP contribution in [0.25, 0.3) is 0 Å². The summed E-state index contributed by atoms with van der Waals surface area (Å²) in [5.41, 5.74) is 4.77. The van der Waals surface area contributed by atoms with Crippen LogP contribution in [0.4, 0.5) is 11.4 Å². The molecule has 0 heterocycles. The Morgan fingerprint density at radius 1 is 0.884 bits per heavy atom. The zero-order valence-corrected chi connectivity index (χ0v) is 24.9. The summed E-state index contributed by atoms with van der Waals surface area (Å²) >= 11 is 6.05. The monoisotopic (exact) mass is 620 g/mol. The van der Waals surface area contributed by atoms with Gasteiger partial charge in [-0.25, -0.2) is 13.8 Å². The summed E-state index contributed by atoms with van der Waals surface area (Å²) in [7, 11) is -2.60. The van der Waals surface area contributed by atoms with Crippen LogP contribution in [0.3, 0.4) is 0 Å². The molecule has 0 atom stereocenters. The molecule has 222 valence electrons. The molecule has 0 aliphatic carbocycles. The van der Waals surface area contributed by atoms with E-state index in [-0.39, 0.29) is 17.4 Å². The highest BCUT2D eigenvalue weighted by molar-refractivity contribution is 7.92. The van der Waals surface area contributed by atoms with Crippen LogP contribution in [0.2, 0.25) is 5.02 Å². The van der Waals surface area contributed by atoms with Crippen molar-refractivity contribution in [3.8, 4) is 11.5 Å². The number of aryl methyl sites for hydroxylation is 1. The van der Waals surface area contributed by atoms with Crippen molar-refractivity contribution in [3.63, 3.8) is 0 Å². The van der Waals surface area contributed by atoms with Gasteiger partial charge in [0.15, 0.2) is 6.61 Å². The van der Waals surface area contributed by atoms with E-state index in [4.69, 9.17) is 21.1 Å². The second-order valence-electron chi connectivity index (χ2n) is 9.20. The van der Waals surface area contributed by atoms with Gasteiger partial charge >= 0.3 is 0 Å². The van der Waals surface area contributed by atoms with E-state index in [1.165, 1.54) is 37.6 Å². The van der Waals surface area contributed by atoms with Crippen molar-refractivity contribution in [3.05, 3.63) is 113 Å². The molecule has 12 heteroatoms. The van der Waals surface area contributed by atoms with Crippen LogP contribution in [0.5, 0.6) is 11.5 Å². The number of nitrogens with zero attached hydrogens (tertiary/aromatic N) is 2. The molecule has 0 aromatic heterocycles. The highest BCUT2D eigenvalue weighted by atomic mass is 35.5. The van der Waals surface area contributed by atoms with Gasteiger partial charge in [-0.2, -0.15) is 5.10 Å². The Kier molecular flexibility index (Phi) is 10.4. The first-order valence-corrected chi connectivity index (χ1v) is 14.8. The molecule has 0 radical (unpaired) electrons. The van der Waals surface area contributed by atoms with Crippen LogP contribution in [0, 0.1) is 6.92 Å². The van der Waals surface area contributed by atoms with Crippen LogP contribution < -0.4 is 24.5 Å². The largest absolute Gasteiger partial charge is 0.497 e. The maximum Gasteiger partial charge on any atom is 0.264 e. The predicted octanol–water partition coefficient (Wildman–Crippen LogP) is 5.02. The number of para-hydroxylation sites is 1. The molecule has 4 aromatic rings. The number of ether oxygens (including phenoxy) is 2. The van der Waals surface area contributed by atoms with E-state index in [2.05, 4.69) is 15.8 Å². The quantitative estimate of drug-likeness (QED) is 0.169. The van der Waals surface area contributed by atoms with Gasteiger partial charge in [-0.15, -0.1) is 0 Å². The number of carbonyl (C=O) groups excluding carboxylic acids is 2. The van der Waals surface area contributed by atoms with Crippen molar-refractivity contribution >= 4 is 51.0 Å². The van der Waals surface area contributed by atoms with Crippen molar-refractivity contribution in [2.45, 2.75) is 11.8 Å². The minimum absolute atomic E-state index is 0.00818. The van der Waals surface area contributed by atoms with Crippen LogP contribution >= 0.6 is 11.6 Å². The molecule has 0 unspecified atom stereocenters. The lowest BCUT2D eigenvalue weighted by atomic mass is 10.2. The number of hydrogen-bond donors (Lipinski definition) is 2. The van der Waals surface area contributed by atoms with Gasteiger partial charge in [-0.1, -0.05) is 41.4 Å². The molecule has 0 bridgehead atoms. The topological polar surface area (TPSA) is 126 Å². The lowest BCUT2D eigenvalue weighted by Gasteiger charge is -2.24. The smallest absolute Gasteiger partial charge is 0.264 e. The zero-order chi connectivity index (χ0) is 30.8. The molecule has 0 fully saturated rings. The first-order chi connectivity index (χ1) is 20.7. The predicted molar refractivity (Wildman–Crippen MR) is 166 cm³/mol. The number of halogens is 1. The average molecular weight is 621 g/mol. The van der Waals surface area contributed by atoms with Crippen molar-refractivity contribution in [2.24, 2.45) is 5.10 Å². The summed E-state index contributed by atoms with van der Waals surface area (Å²) in [6, 6.07) is 26.3. The molecule has 2 N–H and O–H groups in total. The maximum atomic E-state index is 13.5. The number of nitrogens with one attached hydrogen (secondary N) is 2. The molecular formula is C31H29ClN4O6S. The van der Waals surface area contributed by atoms with Crippen molar-refractivity contribution in [1.29, 1.82) is 0 Å². The first-order valence-electron chi connectivity index (χ1n) is 13.0. The van der Waals surface area contributed by atoms with Crippen LogP contribution in [0.1, 0.15) is 11.1 Å². The first kappa shape index (κ1) is 31.1. The van der Waals surface area contributed by atoms with Gasteiger partial charge in [0.25, 0.3) is 21.8 Å². The standard InChI is InChI=1S/C31H29ClN4O6S/c1-22-7-11-24(12-8-22)36(43(39,40)27-17-15-25(41-2)16-18-27)20-30(37)35-33-19-23-9-13-26(14-10-23)42-21-31(38)34-29-6-4-3-5-28(29)32/h3-19H,20-21H2,1-2H3,(H,34,38)(H,35,37)/b33-19+. The summed E-state index contributed by atoms with van der Waals surface area (Å²) in [6.07, 6.45) is 1.40. The number of amides is 2. The molecule has 0 aliphatic rings. The SMILES string of the molecule is COc1ccc(S(=O)(=O)N(CC(=O)N/N=C/c2ccc(OCC(=O)Nc3ccccc3Cl)cc2)c2ccc(C)cc2)cc1. The van der Waals surface area contributed by atoms with E-state index in [1.807, 2.05) is 6.92 Å². The van der Waals surface area contributed by atoms with E-state index < -0.39 is 22.5 Å². The fourth-order valence-corrected chi connectivity index (χ4v) is 5.40. The highest BCUT2D eigenvalue weighted by Gasteiger charge is 2.27. The van der Waals surface area contributed by atoms with Crippen molar-refractivity contribution < 1.29 is 27.5 Å². The molecule has 4 aromatic carbocycles. The number of methoxy groups -OCH3 is 1. The Morgan fingerprint density at radius 3 is 2.19 bits per heavy atom. The molecule has 10 nitrogen and oxygen atoms in total. The highest BCUT2D eigenvalue weighted by Crippen LogP contribution is 2.25. The normalized spacial score (nSPS) is 11.1. The molecule has 4 rings (SSSR count). The molecule has 0 saturated heterocycles. The number of hydrogen-bond acceptors (Lipinski definition) is 7. The Hall–Kier alpha value is -4.87. The van der Waals surface area contributed by atoms with Gasteiger partial charge < -0.3 is 14.8 Å². The second-order valence-corrected chi connectivity index (χ2v) is 11.5. The van der Waals surface area contributed by atoms with E-state index in [9.17, 15) is 18.0 Å². The van der Waals surface area contributed by atoms with E-state index in [1.54, 1.807) is 72.8 Å². The maximum absolute atomic E-state index is 13.5. The van der Waals surface area contributed by atoms with E-state index in [0.717, 1.165) is 9.87 Å². The van der Waals surface area contributed by atoms with Gasteiger partial charge in [0.05, 0.1) is 34.6 Å². The average Bonchev–Trinajstić information content (AvgIpc) is 3.01. The molecule has 2 amide bonds. The summed E-state index contributed by atoms with van der Waals surface area (Å²) in [6.45, 7) is 1.16. The summed E-state index contributed by atoms with van der Waals surface area (Å²) in [5.74, 6) is -0.0482. The minimum atomic E-state index is -4.08. The summed E-state index contributed by atoms with van der Waals surface area (Å²) in [5, 5.41) is 7.06. The Balaban J connectivity index is 1.36. The van der Waals surface area contributed by atoms with Gasteiger partial charge in [-0.05, 0) is 85.3 Å². The van der Waals surface area contributed by atoms with Gasteiger partial charge in [-0.3, -0.25) is 13.9 Å². The van der Waals surface area contributed by atoms with Gasteiger partial charge in [0.2, 0.25) is 0 Å². The lowest BCUT2D eigenvalue weighted by molar-refractivity contribution is -0.119. The minimum Gasteiger partial charge on any atom is -0.497 e. The zero-order valence-electron chi connectivity index (χ0n) is 23.4. The molecule has 0 spiro atoms. The van der Waals surface area contributed by atoms with Crippen LogP contribution in [-0.2, 0) is 19.6 Å². The fourth-order valence-electron chi connectivity index (χ4n) is 3.79. The molecular weight excluding hydrogens is 592 g/mol. The number of carbonyl (C=O) groups is 2. The van der Waals surface area contributed by atoms with Crippen LogP contribution in [0.15, 0.2) is 107 Å². The molecule has 0 saturated carbocycles. The van der Waals surface area contributed by atoms with Gasteiger partial charge in [0.1, 0.15) is 18.0 Å². The van der Waals surface area contributed by atoms with Gasteiger partial charge in [0, 0.05) is 0 Å². The Labute approximate surface area is 254 Å². The van der Waals surface area contributed by atoms with Crippen LogP contribution in [-0.4, -0.2) is 46.7 Å². The number of rotatable bonds is 12. The lowest BCUT2D eigenvalue weighted by Crippen LogP contribution is -2.39. The molecule has 0 aliphatic heterocycles.